The van der Waals surface area contributed by atoms with Crippen LogP contribution in [0.2, 0.25) is 0 Å². The molecular formula is C56H67FN8O11S. The van der Waals surface area contributed by atoms with Crippen molar-refractivity contribution in [1.29, 1.82) is 0 Å². The normalized spacial score (nSPS) is 27.5. The number of carbonyl (C=O) groups excluding carboxylic acids is 1. The molecule has 3 aromatic carbocycles. The third kappa shape index (κ3) is 9.80. The number of anilines is 4. The number of aromatic amines is 1. The van der Waals surface area contributed by atoms with Crippen molar-refractivity contribution in [3.63, 3.8) is 0 Å². The highest BCUT2D eigenvalue weighted by molar-refractivity contribution is 7.90. The Morgan fingerprint density at radius 3 is 2.52 bits per heavy atom. The number of pyridine rings is 1. The van der Waals surface area contributed by atoms with Gasteiger partial charge in [-0.05, 0) is 127 Å². The number of hydrogen-bond acceptors (Lipinski definition) is 16. The molecule has 4 atom stereocenters. The molecule has 5 fully saturated rings. The molecule has 2 aromatic heterocycles. The number of aliphatic hydroxyl groups is 1. The lowest BCUT2D eigenvalue weighted by molar-refractivity contribution is -0.384. The third-order valence-corrected chi connectivity index (χ3v) is 18.7. The van der Waals surface area contributed by atoms with Gasteiger partial charge in [0.05, 0.1) is 64.1 Å². The van der Waals surface area contributed by atoms with Crippen LogP contribution >= 0.6 is 0 Å². The van der Waals surface area contributed by atoms with E-state index >= 15 is 4.39 Å². The van der Waals surface area contributed by atoms with E-state index in [4.69, 9.17) is 28.7 Å². The summed E-state index contributed by atoms with van der Waals surface area (Å²) in [5, 5.41) is 26.8. The van der Waals surface area contributed by atoms with Gasteiger partial charge in [0.25, 0.3) is 21.6 Å². The number of sulfonamides is 1. The number of fused-ring (bicyclic) bond motifs is 4. The van der Waals surface area contributed by atoms with Crippen molar-refractivity contribution in [2.75, 3.05) is 67.8 Å². The summed E-state index contributed by atoms with van der Waals surface area (Å²) in [7, 11) is -4.81. The van der Waals surface area contributed by atoms with Crippen molar-refractivity contribution in [2.45, 2.75) is 138 Å². The number of nitrogens with zero attached hydrogens (tertiary/aromatic N) is 5. The van der Waals surface area contributed by atoms with Crippen molar-refractivity contribution in [3.8, 4) is 17.4 Å². The first-order chi connectivity index (χ1) is 37.0. The van der Waals surface area contributed by atoms with Crippen LogP contribution in [-0.2, 0) is 19.5 Å². The van der Waals surface area contributed by atoms with Gasteiger partial charge in [0.15, 0.2) is 11.4 Å². The van der Waals surface area contributed by atoms with Gasteiger partial charge in [0.1, 0.15) is 35.5 Å². The van der Waals surface area contributed by atoms with Crippen LogP contribution < -0.4 is 34.0 Å². The summed E-state index contributed by atoms with van der Waals surface area (Å²) in [5.41, 5.74) is 0.229. The van der Waals surface area contributed by atoms with Gasteiger partial charge in [0, 0.05) is 73.9 Å². The van der Waals surface area contributed by atoms with Crippen molar-refractivity contribution in [3.05, 3.63) is 94.2 Å². The standard InChI is InChI=1S/C56H67FN8O11S/c1-34(2)75-46-8-5-4-7-39(46)45-31-72-23-6-20-63(45)37-29-55(30-37)17-21-62(22-18-55)36-9-10-40(42(26-36)64-41-12-24-73-32-48(41)76-53-44(64)25-35-11-19-58-51(35)60-53)52(66)61-77(70,71)38-27-43(65(68)69)50-47(28-38)74-33-49(59-50)56(57)15-13-54(3,67)14-16-56/h4-5,7-11,19,25-28,34,37,41,45,48-49,59,67H,6,12-18,20-24,29-33H2,1-3H3,(H,58,60)(H,61,66)/t41-,45-,48-,49+,54?,56?/m0/s1. The van der Waals surface area contributed by atoms with Crippen LogP contribution in [0, 0.1) is 15.5 Å². The van der Waals surface area contributed by atoms with Gasteiger partial charge in [-0.15, -0.1) is 0 Å². The number of piperidine rings is 1. The summed E-state index contributed by atoms with van der Waals surface area (Å²) in [4.78, 5) is 41.2. The lowest BCUT2D eigenvalue weighted by atomic mass is 9.59. The molecule has 19 nitrogen and oxygen atoms in total. The van der Waals surface area contributed by atoms with Crippen molar-refractivity contribution < 1.29 is 51.3 Å². The first-order valence-electron chi connectivity index (χ1n) is 27.2. The van der Waals surface area contributed by atoms with E-state index in [1.165, 1.54) is 5.56 Å². The Labute approximate surface area is 446 Å². The van der Waals surface area contributed by atoms with E-state index in [0.717, 1.165) is 87.3 Å². The Hall–Kier alpha value is -6.26. The number of aromatic nitrogens is 2. The predicted molar refractivity (Wildman–Crippen MR) is 286 cm³/mol. The quantitative estimate of drug-likeness (QED) is 0.0719. The number of H-pyrrole nitrogens is 1. The second-order valence-corrected chi connectivity index (χ2v) is 24.6. The molecule has 7 heterocycles. The minimum absolute atomic E-state index is 0.00534. The molecule has 4 N–H and O–H groups in total. The molecule has 12 rings (SSSR count). The molecule has 5 aromatic rings. The minimum atomic E-state index is -4.81. The predicted octanol–water partition coefficient (Wildman–Crippen LogP) is 8.48. The third-order valence-electron chi connectivity index (χ3n) is 17.4. The Balaban J connectivity index is 0.830. The molecule has 3 saturated heterocycles. The zero-order valence-corrected chi connectivity index (χ0v) is 44.5. The van der Waals surface area contributed by atoms with Crippen LogP contribution in [0.5, 0.6) is 17.4 Å². The van der Waals surface area contributed by atoms with E-state index in [-0.39, 0.29) is 79.5 Å². The number of ether oxygens (including phenoxy) is 5. The van der Waals surface area contributed by atoms with E-state index < -0.39 is 54.9 Å². The number of amides is 1. The number of benzene rings is 3. The van der Waals surface area contributed by atoms with E-state index in [2.05, 4.69) is 56.9 Å². The zero-order valence-electron chi connectivity index (χ0n) is 43.7. The molecule has 21 heteroatoms. The van der Waals surface area contributed by atoms with Crippen molar-refractivity contribution in [1.82, 2.24) is 19.6 Å². The van der Waals surface area contributed by atoms with E-state index in [0.29, 0.717) is 48.6 Å². The van der Waals surface area contributed by atoms with Crippen LogP contribution in [-0.4, -0.2) is 133 Å². The van der Waals surface area contributed by atoms with Crippen LogP contribution in [0.15, 0.2) is 77.8 Å². The van der Waals surface area contributed by atoms with Crippen LogP contribution in [0.4, 0.5) is 32.8 Å². The molecule has 2 saturated carbocycles. The molecule has 77 heavy (non-hydrogen) atoms. The molecule has 2 aliphatic carbocycles. The maximum absolute atomic E-state index is 16.3. The average molecular weight is 1080 g/mol. The summed E-state index contributed by atoms with van der Waals surface area (Å²) in [6.07, 6.45) is 7.39. The zero-order chi connectivity index (χ0) is 53.4. The largest absolute Gasteiger partial charge is 0.491 e. The lowest BCUT2D eigenvalue weighted by Crippen LogP contribution is -2.56. The molecule has 1 spiro atoms. The van der Waals surface area contributed by atoms with Crippen molar-refractivity contribution in [2.24, 2.45) is 5.41 Å². The number of alkyl halides is 1. The van der Waals surface area contributed by atoms with E-state index in [1.807, 2.05) is 35.2 Å². The average Bonchev–Trinajstić information content (AvgIpc) is 3.84. The van der Waals surface area contributed by atoms with Gasteiger partial charge >= 0.3 is 0 Å². The summed E-state index contributed by atoms with van der Waals surface area (Å²) < 4.78 is 78.2. The summed E-state index contributed by atoms with van der Waals surface area (Å²) in [5.74, 6) is 0.111. The SMILES string of the molecule is CC(C)Oc1ccccc1[C@@H]1COCCCN1C1CC2(CCN(c3ccc(C(=O)NS(=O)(=O)c4cc5c(c([N+](=O)[O-])c4)N[C@@H](C4(F)CCC(C)(O)CC4)CO5)c(N4c5cc6cc[nH]c6nc5O[C@H]5COCC[C@@H]54)c3)CC2)C1. The second-order valence-electron chi connectivity index (χ2n) is 22.9. The van der Waals surface area contributed by atoms with Gasteiger partial charge in [-0.25, -0.2) is 17.5 Å². The van der Waals surface area contributed by atoms with Crippen LogP contribution in [0.25, 0.3) is 11.0 Å². The molecule has 0 bridgehead atoms. The minimum Gasteiger partial charge on any atom is -0.491 e. The summed E-state index contributed by atoms with van der Waals surface area (Å²) in [6.45, 7) is 10.1. The molecule has 1 amide bonds. The number of halogens is 1. The molecule has 0 radical (unpaired) electrons. The number of rotatable bonds is 11. The van der Waals surface area contributed by atoms with E-state index in [9.17, 15) is 28.4 Å². The number of carbonyl (C=O) groups is 1. The van der Waals surface area contributed by atoms with Gasteiger partial charge < -0.3 is 48.9 Å². The number of para-hydroxylation sites is 1. The second kappa shape index (κ2) is 19.9. The Bertz CT molecular complexity index is 3180. The monoisotopic (exact) mass is 1080 g/mol. The molecule has 5 aliphatic heterocycles. The summed E-state index contributed by atoms with van der Waals surface area (Å²) >= 11 is 0. The fraction of sp³-hybridized carbons (Fsp3) is 0.536. The molecule has 410 valence electrons. The van der Waals surface area contributed by atoms with Crippen LogP contribution in [0.3, 0.4) is 0 Å². The smallest absolute Gasteiger partial charge is 0.297 e. The summed E-state index contributed by atoms with van der Waals surface area (Å²) in [6, 6.07) is 18.8. The Morgan fingerprint density at radius 2 is 1.74 bits per heavy atom. The number of nitro groups is 1. The first kappa shape index (κ1) is 51.5. The Morgan fingerprint density at radius 1 is 0.961 bits per heavy atom. The van der Waals surface area contributed by atoms with Gasteiger partial charge in [-0.1, -0.05) is 18.2 Å². The lowest BCUT2D eigenvalue weighted by Gasteiger charge is -2.56. The van der Waals surface area contributed by atoms with Crippen molar-refractivity contribution >= 4 is 55.4 Å². The van der Waals surface area contributed by atoms with E-state index in [1.54, 1.807) is 19.2 Å². The maximum atomic E-state index is 16.3. The van der Waals surface area contributed by atoms with Gasteiger partial charge in [-0.2, -0.15) is 4.98 Å². The maximum Gasteiger partial charge on any atom is 0.297 e. The fourth-order valence-corrected chi connectivity index (χ4v) is 14.1. The fourth-order valence-electron chi connectivity index (χ4n) is 13.1. The molecule has 0 unspecified atom stereocenters. The number of hydrogen-bond donors (Lipinski definition) is 4. The number of nitrogens with one attached hydrogen (secondary N) is 3. The van der Waals surface area contributed by atoms with Gasteiger partial charge in [-0.3, -0.25) is 19.8 Å². The highest BCUT2D eigenvalue weighted by atomic mass is 32.2. The highest BCUT2D eigenvalue weighted by Gasteiger charge is 2.51. The van der Waals surface area contributed by atoms with Crippen LogP contribution in [0.1, 0.15) is 107 Å². The highest BCUT2D eigenvalue weighted by Crippen LogP contribution is 2.54. The first-order valence-corrected chi connectivity index (χ1v) is 28.6. The topological polar surface area (TPSA) is 223 Å². The van der Waals surface area contributed by atoms with Gasteiger partial charge in [0.2, 0.25) is 5.88 Å². The molecule has 7 aliphatic rings. The molecular weight excluding hydrogens is 1010 g/mol. The Kier molecular flexibility index (Phi) is 13.3. The number of nitro benzene ring substituents is 1.